The van der Waals surface area contributed by atoms with Crippen LogP contribution < -0.4 is 10.2 Å². The number of piperazine rings is 1. The van der Waals surface area contributed by atoms with Crippen LogP contribution in [0.25, 0.3) is 0 Å². The van der Waals surface area contributed by atoms with Crippen molar-refractivity contribution in [3.8, 4) is 0 Å². The Hall–Kier alpha value is -2.33. The van der Waals surface area contributed by atoms with Crippen molar-refractivity contribution in [2.75, 3.05) is 43.4 Å². The fourth-order valence-electron chi connectivity index (χ4n) is 4.01. The average molecular weight is 364 g/mol. The van der Waals surface area contributed by atoms with Gasteiger partial charge in [0.1, 0.15) is 0 Å². The molecule has 2 fully saturated rings. The number of amides is 1. The summed E-state index contributed by atoms with van der Waals surface area (Å²) in [5.41, 5.74) is 4.15. The van der Waals surface area contributed by atoms with Crippen molar-refractivity contribution in [2.45, 2.75) is 25.7 Å². The Balaban J connectivity index is 1.35. The van der Waals surface area contributed by atoms with E-state index >= 15 is 0 Å². The number of carbonyl (C=O) groups excluding carboxylic acids is 1. The molecule has 2 aromatic rings. The standard InChI is InChI=1S/C23H29N3O/c1-3-17-16-22(17)18-4-8-20(9-5-18)24-23(27)19-6-10-21(11-7-19)26-14-12-25(2)13-15-26/h4-11,17,22H,3,12-16H2,1-2H3,(H,24,27)/t17-,22+/m0/s1. The number of anilines is 2. The molecule has 0 aromatic heterocycles. The Labute approximate surface area is 162 Å². The lowest BCUT2D eigenvalue weighted by Gasteiger charge is -2.34. The number of hydrogen-bond donors (Lipinski definition) is 1. The second kappa shape index (κ2) is 7.73. The fourth-order valence-corrected chi connectivity index (χ4v) is 4.01. The third-order valence-corrected chi connectivity index (χ3v) is 6.04. The quantitative estimate of drug-likeness (QED) is 0.865. The van der Waals surface area contributed by atoms with E-state index in [9.17, 15) is 4.79 Å². The summed E-state index contributed by atoms with van der Waals surface area (Å²) in [6, 6.07) is 16.3. The Morgan fingerprint density at radius 1 is 1.00 bits per heavy atom. The number of nitrogens with one attached hydrogen (secondary N) is 1. The molecule has 27 heavy (non-hydrogen) atoms. The van der Waals surface area contributed by atoms with Crippen LogP contribution in [0, 0.1) is 5.92 Å². The highest BCUT2D eigenvalue weighted by Gasteiger charge is 2.36. The zero-order valence-corrected chi connectivity index (χ0v) is 16.3. The van der Waals surface area contributed by atoms with Crippen molar-refractivity contribution in [1.82, 2.24) is 4.90 Å². The van der Waals surface area contributed by atoms with Crippen LogP contribution in [-0.2, 0) is 0 Å². The molecule has 0 unspecified atom stereocenters. The van der Waals surface area contributed by atoms with Crippen LogP contribution in [0.5, 0.6) is 0 Å². The zero-order chi connectivity index (χ0) is 18.8. The van der Waals surface area contributed by atoms with E-state index in [1.165, 1.54) is 24.1 Å². The molecule has 1 heterocycles. The lowest BCUT2D eigenvalue weighted by Crippen LogP contribution is -2.44. The highest BCUT2D eigenvalue weighted by molar-refractivity contribution is 6.04. The third-order valence-electron chi connectivity index (χ3n) is 6.04. The van der Waals surface area contributed by atoms with Crippen molar-refractivity contribution in [3.63, 3.8) is 0 Å². The molecule has 2 aliphatic rings. The van der Waals surface area contributed by atoms with Crippen LogP contribution in [0.1, 0.15) is 41.6 Å². The van der Waals surface area contributed by atoms with Crippen LogP contribution in [0.15, 0.2) is 48.5 Å². The van der Waals surface area contributed by atoms with E-state index in [2.05, 4.69) is 53.4 Å². The highest BCUT2D eigenvalue weighted by atomic mass is 16.1. The first kappa shape index (κ1) is 18.1. The van der Waals surface area contributed by atoms with Crippen molar-refractivity contribution in [1.29, 1.82) is 0 Å². The Kier molecular flexibility index (Phi) is 5.17. The van der Waals surface area contributed by atoms with Gasteiger partial charge >= 0.3 is 0 Å². The number of nitrogens with zero attached hydrogens (tertiary/aromatic N) is 2. The number of likely N-dealkylation sites (N-methyl/N-ethyl adjacent to an activating group) is 1. The van der Waals surface area contributed by atoms with Crippen LogP contribution in [0.4, 0.5) is 11.4 Å². The molecule has 1 amide bonds. The smallest absolute Gasteiger partial charge is 0.255 e. The summed E-state index contributed by atoms with van der Waals surface area (Å²) < 4.78 is 0. The van der Waals surface area contributed by atoms with Gasteiger partial charge in [-0.1, -0.05) is 25.5 Å². The maximum Gasteiger partial charge on any atom is 0.255 e. The summed E-state index contributed by atoms with van der Waals surface area (Å²) in [5.74, 6) is 1.52. The van der Waals surface area contributed by atoms with Gasteiger partial charge in [0, 0.05) is 43.1 Å². The first-order valence-corrected chi connectivity index (χ1v) is 10.1. The van der Waals surface area contributed by atoms with Crippen LogP contribution in [0.2, 0.25) is 0 Å². The van der Waals surface area contributed by atoms with E-state index < -0.39 is 0 Å². The van der Waals surface area contributed by atoms with Gasteiger partial charge in [-0.15, -0.1) is 0 Å². The molecule has 1 aliphatic heterocycles. The Bertz CT molecular complexity index is 776. The Morgan fingerprint density at radius 3 is 2.26 bits per heavy atom. The van der Waals surface area contributed by atoms with Crippen LogP contribution in [-0.4, -0.2) is 44.0 Å². The summed E-state index contributed by atoms with van der Waals surface area (Å²) >= 11 is 0. The van der Waals surface area contributed by atoms with Gasteiger partial charge in [0.05, 0.1) is 0 Å². The molecule has 1 aliphatic carbocycles. The fraction of sp³-hybridized carbons (Fsp3) is 0.435. The van der Waals surface area contributed by atoms with E-state index in [1.54, 1.807) is 0 Å². The van der Waals surface area contributed by atoms with Crippen molar-refractivity contribution in [2.24, 2.45) is 5.92 Å². The molecule has 142 valence electrons. The minimum absolute atomic E-state index is 0.0504. The first-order chi connectivity index (χ1) is 13.1. The van der Waals surface area contributed by atoms with E-state index in [4.69, 9.17) is 0 Å². The molecule has 0 radical (unpaired) electrons. The molecule has 4 nitrogen and oxygen atoms in total. The number of hydrogen-bond acceptors (Lipinski definition) is 3. The summed E-state index contributed by atoms with van der Waals surface area (Å²) in [7, 11) is 2.16. The molecule has 1 N–H and O–H groups in total. The van der Waals surface area contributed by atoms with Gasteiger partial charge in [0.2, 0.25) is 0 Å². The molecule has 2 atom stereocenters. The van der Waals surface area contributed by atoms with E-state index in [1.807, 2.05) is 24.3 Å². The average Bonchev–Trinajstić information content (AvgIpc) is 3.49. The van der Waals surface area contributed by atoms with Crippen LogP contribution in [0.3, 0.4) is 0 Å². The maximum atomic E-state index is 12.5. The monoisotopic (exact) mass is 363 g/mol. The predicted molar refractivity (Wildman–Crippen MR) is 112 cm³/mol. The van der Waals surface area contributed by atoms with Gasteiger partial charge < -0.3 is 15.1 Å². The second-order valence-corrected chi connectivity index (χ2v) is 7.92. The largest absolute Gasteiger partial charge is 0.369 e. The third kappa shape index (κ3) is 4.16. The van der Waals surface area contributed by atoms with Crippen molar-refractivity contribution >= 4 is 17.3 Å². The molecule has 1 saturated heterocycles. The lowest BCUT2D eigenvalue weighted by atomic mass is 10.1. The number of benzene rings is 2. The topological polar surface area (TPSA) is 35.6 Å². The molecule has 1 saturated carbocycles. The molecular weight excluding hydrogens is 334 g/mol. The number of rotatable bonds is 5. The molecular formula is C23H29N3O. The normalized spacial score (nSPS) is 22.5. The first-order valence-electron chi connectivity index (χ1n) is 10.1. The lowest BCUT2D eigenvalue weighted by molar-refractivity contribution is 0.102. The van der Waals surface area contributed by atoms with Gasteiger partial charge in [0.15, 0.2) is 0 Å². The van der Waals surface area contributed by atoms with Gasteiger partial charge in [-0.2, -0.15) is 0 Å². The van der Waals surface area contributed by atoms with E-state index in [-0.39, 0.29) is 5.91 Å². The van der Waals surface area contributed by atoms with Gasteiger partial charge in [0.25, 0.3) is 5.91 Å². The van der Waals surface area contributed by atoms with Gasteiger partial charge in [-0.05, 0) is 67.3 Å². The minimum Gasteiger partial charge on any atom is -0.369 e. The zero-order valence-electron chi connectivity index (χ0n) is 16.3. The Morgan fingerprint density at radius 2 is 1.67 bits per heavy atom. The van der Waals surface area contributed by atoms with Crippen LogP contribution >= 0.6 is 0 Å². The highest BCUT2D eigenvalue weighted by Crippen LogP contribution is 2.49. The predicted octanol–water partition coefficient (Wildman–Crippen LogP) is 4.20. The summed E-state index contributed by atoms with van der Waals surface area (Å²) in [6.07, 6.45) is 2.56. The summed E-state index contributed by atoms with van der Waals surface area (Å²) in [4.78, 5) is 17.3. The molecule has 0 spiro atoms. The van der Waals surface area contributed by atoms with E-state index in [0.29, 0.717) is 5.56 Å². The van der Waals surface area contributed by atoms with E-state index in [0.717, 1.165) is 43.7 Å². The SMILES string of the molecule is CC[C@H]1C[C@H]1c1ccc(NC(=O)c2ccc(N3CCN(C)CC3)cc2)cc1. The molecule has 2 aromatic carbocycles. The maximum absolute atomic E-state index is 12.5. The minimum atomic E-state index is -0.0504. The number of carbonyl (C=O) groups is 1. The summed E-state index contributed by atoms with van der Waals surface area (Å²) in [5, 5.41) is 3.02. The van der Waals surface area contributed by atoms with Crippen molar-refractivity contribution in [3.05, 3.63) is 59.7 Å². The van der Waals surface area contributed by atoms with Gasteiger partial charge in [-0.25, -0.2) is 0 Å². The van der Waals surface area contributed by atoms with Crippen molar-refractivity contribution < 1.29 is 4.79 Å². The summed E-state index contributed by atoms with van der Waals surface area (Å²) in [6.45, 7) is 6.49. The second-order valence-electron chi connectivity index (χ2n) is 7.92. The van der Waals surface area contributed by atoms with Gasteiger partial charge in [-0.3, -0.25) is 4.79 Å². The molecule has 4 heteroatoms. The molecule has 4 rings (SSSR count). The molecule has 0 bridgehead atoms.